The van der Waals surface area contributed by atoms with Crippen molar-refractivity contribution in [3.05, 3.63) is 66.8 Å². The van der Waals surface area contributed by atoms with Crippen LogP contribution in [0.2, 0.25) is 0 Å². The molecule has 1 saturated carbocycles. The zero-order valence-electron chi connectivity index (χ0n) is 18.1. The van der Waals surface area contributed by atoms with Gasteiger partial charge in [0.25, 0.3) is 11.8 Å². The highest BCUT2D eigenvalue weighted by Gasteiger charge is 2.70. The van der Waals surface area contributed by atoms with Crippen molar-refractivity contribution in [1.82, 2.24) is 4.98 Å². The normalized spacial score (nSPS) is 21.5. The van der Waals surface area contributed by atoms with Crippen molar-refractivity contribution < 1.29 is 36.7 Å². The third kappa shape index (κ3) is 3.86. The number of imide groups is 1. The first-order chi connectivity index (χ1) is 16.6. The maximum Gasteiger partial charge on any atom is 0.573 e. The van der Waals surface area contributed by atoms with Gasteiger partial charge in [0.15, 0.2) is 5.76 Å². The van der Waals surface area contributed by atoms with Crippen molar-refractivity contribution in [2.45, 2.75) is 25.2 Å². The number of nitrogens with one attached hydrogen (secondary N) is 1. The number of alkyl halides is 3. The van der Waals surface area contributed by atoms with Crippen LogP contribution in [-0.2, 0) is 4.79 Å². The van der Waals surface area contributed by atoms with Gasteiger partial charge in [0.1, 0.15) is 17.1 Å². The van der Waals surface area contributed by atoms with Gasteiger partial charge in [0, 0.05) is 12.3 Å². The zero-order chi connectivity index (χ0) is 25.0. The van der Waals surface area contributed by atoms with Gasteiger partial charge in [-0.2, -0.15) is 0 Å². The third-order valence-electron chi connectivity index (χ3n) is 5.94. The van der Waals surface area contributed by atoms with Gasteiger partial charge in [-0.1, -0.05) is 6.92 Å². The molecule has 2 aliphatic rings. The molecule has 3 heterocycles. The molecule has 1 spiro atoms. The van der Waals surface area contributed by atoms with E-state index in [1.54, 1.807) is 6.07 Å². The van der Waals surface area contributed by atoms with E-state index in [9.17, 15) is 27.6 Å². The summed E-state index contributed by atoms with van der Waals surface area (Å²) in [7, 11) is 0. The number of hydrogen-bond donors (Lipinski definition) is 1. The lowest BCUT2D eigenvalue weighted by molar-refractivity contribution is -0.274. The highest BCUT2D eigenvalue weighted by molar-refractivity contribution is 6.32. The number of carbonyl (C=O) groups excluding carboxylic acids is 3. The van der Waals surface area contributed by atoms with E-state index in [-0.39, 0.29) is 23.2 Å². The lowest BCUT2D eigenvalue weighted by Gasteiger charge is -2.22. The van der Waals surface area contributed by atoms with Crippen LogP contribution in [0.3, 0.4) is 0 Å². The van der Waals surface area contributed by atoms with Crippen LogP contribution in [-0.4, -0.2) is 34.7 Å². The van der Waals surface area contributed by atoms with Gasteiger partial charge in [-0.05, 0) is 54.8 Å². The summed E-state index contributed by atoms with van der Waals surface area (Å²) in [6.07, 6.45) is -1.73. The maximum absolute atomic E-state index is 13.4. The first-order valence-electron chi connectivity index (χ1n) is 10.5. The van der Waals surface area contributed by atoms with Crippen molar-refractivity contribution >= 4 is 35.0 Å². The van der Waals surface area contributed by atoms with Crippen LogP contribution in [0.4, 0.5) is 35.2 Å². The van der Waals surface area contributed by atoms with Crippen LogP contribution < -0.4 is 19.9 Å². The predicted octanol–water partition coefficient (Wildman–Crippen LogP) is 4.58. The standard InChI is InChI=1S/C23H17F3N4O5/c1-13-12-22(13)20(32)29(14-4-6-16(7-5-14)35-23(24,25)26)21(33)30(22)15-8-9-27-18(11-15)28-19(31)17-3-2-10-34-17/h2-11,13H,12H2,1H3,(H,27,28,31). The third-order valence-corrected chi connectivity index (χ3v) is 5.94. The fourth-order valence-corrected chi connectivity index (χ4v) is 4.24. The molecule has 0 radical (unpaired) electrons. The molecule has 1 aromatic carbocycles. The maximum atomic E-state index is 13.4. The van der Waals surface area contributed by atoms with Gasteiger partial charge in [-0.25, -0.2) is 14.7 Å². The van der Waals surface area contributed by atoms with Crippen LogP contribution in [0.15, 0.2) is 65.4 Å². The van der Waals surface area contributed by atoms with E-state index in [0.29, 0.717) is 12.1 Å². The summed E-state index contributed by atoms with van der Waals surface area (Å²) in [6, 6.07) is 9.84. The molecule has 3 aromatic rings. The minimum absolute atomic E-state index is 0.0704. The molecule has 1 aliphatic carbocycles. The van der Waals surface area contributed by atoms with Gasteiger partial charge < -0.3 is 14.5 Å². The Bertz CT molecular complexity index is 1310. The predicted molar refractivity (Wildman–Crippen MR) is 116 cm³/mol. The van der Waals surface area contributed by atoms with E-state index in [1.807, 2.05) is 6.92 Å². The van der Waals surface area contributed by atoms with Crippen LogP contribution in [0.1, 0.15) is 23.9 Å². The number of hydrogen-bond acceptors (Lipinski definition) is 6. The van der Waals surface area contributed by atoms with E-state index in [4.69, 9.17) is 4.42 Å². The molecule has 180 valence electrons. The lowest BCUT2D eigenvalue weighted by Crippen LogP contribution is -2.39. The molecule has 1 N–H and O–H groups in total. The molecule has 2 aromatic heterocycles. The lowest BCUT2D eigenvalue weighted by atomic mass is 10.1. The number of furan rings is 1. The Hall–Kier alpha value is -4.35. The topological polar surface area (TPSA) is 105 Å². The molecule has 1 aliphatic heterocycles. The van der Waals surface area contributed by atoms with Gasteiger partial charge in [0.2, 0.25) is 0 Å². The van der Waals surface area contributed by atoms with Crippen LogP contribution in [0.25, 0.3) is 0 Å². The molecule has 2 unspecified atom stereocenters. The molecule has 9 nitrogen and oxygen atoms in total. The Morgan fingerprint density at radius 2 is 1.89 bits per heavy atom. The average molecular weight is 486 g/mol. The average Bonchev–Trinajstić information content (AvgIpc) is 3.13. The number of ether oxygens (including phenoxy) is 1. The van der Waals surface area contributed by atoms with E-state index < -0.39 is 35.5 Å². The van der Waals surface area contributed by atoms with Crippen LogP contribution in [0, 0.1) is 5.92 Å². The second-order valence-electron chi connectivity index (χ2n) is 8.16. The Labute approximate surface area is 196 Å². The smallest absolute Gasteiger partial charge is 0.459 e. The quantitative estimate of drug-likeness (QED) is 0.530. The first-order valence-corrected chi connectivity index (χ1v) is 10.5. The van der Waals surface area contributed by atoms with Crippen molar-refractivity contribution in [2.75, 3.05) is 15.1 Å². The Balaban J connectivity index is 1.44. The van der Waals surface area contributed by atoms with Crippen molar-refractivity contribution in [3.63, 3.8) is 0 Å². The molecule has 4 amide bonds. The number of pyridine rings is 1. The highest BCUT2D eigenvalue weighted by atomic mass is 19.4. The fraction of sp³-hybridized carbons (Fsp3) is 0.217. The SMILES string of the molecule is CC1CC12C(=O)N(c1ccc(OC(F)(F)F)cc1)C(=O)N2c1ccnc(NC(=O)c2ccco2)c1. The molecule has 1 saturated heterocycles. The summed E-state index contributed by atoms with van der Waals surface area (Å²) in [5.74, 6) is -1.46. The summed E-state index contributed by atoms with van der Waals surface area (Å²) in [4.78, 5) is 45.5. The van der Waals surface area contributed by atoms with E-state index in [1.165, 1.54) is 47.7 Å². The number of halogens is 3. The van der Waals surface area contributed by atoms with Crippen molar-refractivity contribution in [2.24, 2.45) is 5.92 Å². The minimum atomic E-state index is -4.86. The highest BCUT2D eigenvalue weighted by Crippen LogP contribution is 2.55. The summed E-state index contributed by atoms with van der Waals surface area (Å²) >= 11 is 0. The molecule has 2 fully saturated rings. The monoisotopic (exact) mass is 486 g/mol. The van der Waals surface area contributed by atoms with Crippen molar-refractivity contribution in [3.8, 4) is 5.75 Å². The Morgan fingerprint density at radius 1 is 1.17 bits per heavy atom. The first kappa shape index (κ1) is 22.4. The molecule has 2 atom stereocenters. The van der Waals surface area contributed by atoms with E-state index in [2.05, 4.69) is 15.0 Å². The Morgan fingerprint density at radius 3 is 2.49 bits per heavy atom. The summed E-state index contributed by atoms with van der Waals surface area (Å²) in [5.41, 5.74) is -0.699. The number of urea groups is 1. The number of amides is 4. The second kappa shape index (κ2) is 7.86. The van der Waals surface area contributed by atoms with Crippen LogP contribution >= 0.6 is 0 Å². The molecular formula is C23H17F3N4O5. The van der Waals surface area contributed by atoms with E-state index in [0.717, 1.165) is 17.0 Å². The van der Waals surface area contributed by atoms with Gasteiger partial charge in [-0.3, -0.25) is 14.5 Å². The van der Waals surface area contributed by atoms with E-state index >= 15 is 0 Å². The number of aromatic nitrogens is 1. The van der Waals surface area contributed by atoms with Gasteiger partial charge in [-0.15, -0.1) is 13.2 Å². The fourth-order valence-electron chi connectivity index (χ4n) is 4.24. The molecule has 35 heavy (non-hydrogen) atoms. The Kier molecular flexibility index (Phi) is 5.04. The number of benzene rings is 1. The molecule has 5 rings (SSSR count). The zero-order valence-corrected chi connectivity index (χ0v) is 18.1. The molecule has 0 bridgehead atoms. The molecule has 12 heteroatoms. The molecular weight excluding hydrogens is 469 g/mol. The summed E-state index contributed by atoms with van der Waals surface area (Å²) < 4.78 is 46.3. The number of carbonyl (C=O) groups is 3. The summed E-state index contributed by atoms with van der Waals surface area (Å²) in [6.45, 7) is 1.82. The second-order valence-corrected chi connectivity index (χ2v) is 8.16. The van der Waals surface area contributed by atoms with Gasteiger partial charge >= 0.3 is 12.4 Å². The summed E-state index contributed by atoms with van der Waals surface area (Å²) in [5, 5.41) is 2.57. The van der Waals surface area contributed by atoms with Crippen molar-refractivity contribution in [1.29, 1.82) is 0 Å². The number of nitrogens with zero attached hydrogens (tertiary/aromatic N) is 3. The number of anilines is 3. The largest absolute Gasteiger partial charge is 0.573 e. The minimum Gasteiger partial charge on any atom is -0.459 e. The number of rotatable bonds is 5. The van der Waals surface area contributed by atoms with Crippen LogP contribution in [0.5, 0.6) is 5.75 Å². The van der Waals surface area contributed by atoms with Gasteiger partial charge in [0.05, 0.1) is 17.6 Å².